The van der Waals surface area contributed by atoms with Crippen molar-refractivity contribution in [3.8, 4) is 0 Å². The van der Waals surface area contributed by atoms with Gasteiger partial charge >= 0.3 is 5.97 Å². The number of rotatable bonds is 3. The third-order valence-corrected chi connectivity index (χ3v) is 3.00. The van der Waals surface area contributed by atoms with E-state index in [1.807, 2.05) is 0 Å². The van der Waals surface area contributed by atoms with E-state index in [4.69, 9.17) is 16.7 Å². The summed E-state index contributed by atoms with van der Waals surface area (Å²) in [5, 5.41) is 8.78. The van der Waals surface area contributed by atoms with E-state index < -0.39 is 5.97 Å². The van der Waals surface area contributed by atoms with Gasteiger partial charge < -0.3 is 10.0 Å². The van der Waals surface area contributed by atoms with Crippen LogP contribution in [0.3, 0.4) is 0 Å². The van der Waals surface area contributed by atoms with Crippen molar-refractivity contribution in [3.05, 3.63) is 29.0 Å². The average Bonchev–Trinajstić information content (AvgIpc) is 2.22. The molecule has 2 heterocycles. The quantitative estimate of drug-likeness (QED) is 0.825. The van der Waals surface area contributed by atoms with Crippen LogP contribution in [0.15, 0.2) is 18.3 Å². The number of nitrogens with zero attached hydrogens (tertiary/aromatic N) is 2. The number of carbonyl (C=O) groups excluding carboxylic acids is 1. The summed E-state index contributed by atoms with van der Waals surface area (Å²) in [6.45, 7) is 0.937. The molecular weight excluding hydrogens is 244 g/mol. The van der Waals surface area contributed by atoms with Crippen LogP contribution in [0.1, 0.15) is 16.8 Å². The lowest BCUT2D eigenvalue weighted by molar-refractivity contribution is -0.139. The van der Waals surface area contributed by atoms with E-state index in [0.717, 1.165) is 0 Å². The predicted octanol–water partition coefficient (Wildman–Crippen LogP) is 1.28. The number of pyridine rings is 1. The lowest BCUT2D eigenvalue weighted by atomic mass is 9.95. The largest absolute Gasteiger partial charge is 0.481 e. The van der Waals surface area contributed by atoms with Crippen LogP contribution in [0.4, 0.5) is 0 Å². The molecule has 1 aliphatic heterocycles. The Labute approximate surface area is 103 Å². The van der Waals surface area contributed by atoms with Crippen molar-refractivity contribution in [2.24, 2.45) is 5.92 Å². The van der Waals surface area contributed by atoms with Crippen molar-refractivity contribution >= 4 is 23.5 Å². The molecule has 0 saturated carbocycles. The third kappa shape index (κ3) is 2.55. The van der Waals surface area contributed by atoms with E-state index in [2.05, 4.69) is 4.98 Å². The average molecular weight is 255 g/mol. The molecule has 1 saturated heterocycles. The Kier molecular flexibility index (Phi) is 3.28. The molecule has 0 unspecified atom stereocenters. The number of halogens is 1. The molecule has 1 aliphatic rings. The zero-order valence-corrected chi connectivity index (χ0v) is 9.72. The number of carboxylic acid groups (broad SMARTS) is 1. The normalized spacial score (nSPS) is 15.5. The van der Waals surface area contributed by atoms with Crippen molar-refractivity contribution in [3.63, 3.8) is 0 Å². The minimum atomic E-state index is -0.832. The Morgan fingerprint density at radius 3 is 2.82 bits per heavy atom. The monoisotopic (exact) mass is 254 g/mol. The summed E-state index contributed by atoms with van der Waals surface area (Å²) in [7, 11) is 0. The minimum Gasteiger partial charge on any atom is -0.481 e. The number of aliphatic carboxylic acids is 1. The summed E-state index contributed by atoms with van der Waals surface area (Å²) in [4.78, 5) is 27.8. The smallest absolute Gasteiger partial charge is 0.303 e. The first-order valence-corrected chi connectivity index (χ1v) is 5.57. The number of hydrogen-bond donors (Lipinski definition) is 1. The van der Waals surface area contributed by atoms with Crippen LogP contribution in [0.25, 0.3) is 0 Å². The first-order chi connectivity index (χ1) is 8.08. The minimum absolute atomic E-state index is 0.0481. The molecule has 0 aromatic carbocycles. The van der Waals surface area contributed by atoms with Crippen molar-refractivity contribution in [1.82, 2.24) is 9.88 Å². The maximum atomic E-state index is 11.9. The van der Waals surface area contributed by atoms with Crippen LogP contribution in [0, 0.1) is 5.92 Å². The second-order valence-corrected chi connectivity index (χ2v) is 4.37. The van der Waals surface area contributed by atoms with Crippen molar-refractivity contribution in [2.45, 2.75) is 6.42 Å². The molecule has 0 spiro atoms. The maximum Gasteiger partial charge on any atom is 0.303 e. The molecule has 90 valence electrons. The van der Waals surface area contributed by atoms with Gasteiger partial charge in [0.15, 0.2) is 0 Å². The standard InChI is InChI=1S/C11H11ClN2O3/c12-10-8(2-1-3-13-10)11(17)14-5-7(6-14)4-9(15)16/h1-3,7H,4-6H2,(H,15,16). The zero-order valence-electron chi connectivity index (χ0n) is 8.97. The maximum absolute atomic E-state index is 11.9. The fraction of sp³-hybridized carbons (Fsp3) is 0.364. The second-order valence-electron chi connectivity index (χ2n) is 4.02. The van der Waals surface area contributed by atoms with Gasteiger partial charge in [-0.3, -0.25) is 9.59 Å². The summed E-state index contributed by atoms with van der Waals surface area (Å²) < 4.78 is 0. The van der Waals surface area contributed by atoms with Gasteiger partial charge in [0, 0.05) is 25.2 Å². The topological polar surface area (TPSA) is 70.5 Å². The van der Waals surface area contributed by atoms with Gasteiger partial charge in [0.05, 0.1) is 12.0 Å². The van der Waals surface area contributed by atoms with Crippen molar-refractivity contribution in [1.29, 1.82) is 0 Å². The lowest BCUT2D eigenvalue weighted by Gasteiger charge is -2.38. The molecule has 0 aliphatic carbocycles. The highest BCUT2D eigenvalue weighted by molar-refractivity contribution is 6.32. The van der Waals surface area contributed by atoms with Gasteiger partial charge in [0.25, 0.3) is 5.91 Å². The van der Waals surface area contributed by atoms with Gasteiger partial charge in [-0.05, 0) is 12.1 Å². The van der Waals surface area contributed by atoms with Crippen LogP contribution >= 0.6 is 11.6 Å². The highest BCUT2D eigenvalue weighted by Crippen LogP contribution is 2.23. The third-order valence-electron chi connectivity index (χ3n) is 2.70. The highest BCUT2D eigenvalue weighted by atomic mass is 35.5. The summed E-state index contributed by atoms with van der Waals surface area (Å²) in [5.41, 5.74) is 0.364. The van der Waals surface area contributed by atoms with Crippen LogP contribution in [-0.4, -0.2) is 40.0 Å². The molecule has 2 rings (SSSR count). The highest BCUT2D eigenvalue weighted by Gasteiger charge is 2.33. The Hall–Kier alpha value is -1.62. The number of aromatic nitrogens is 1. The fourth-order valence-corrected chi connectivity index (χ4v) is 2.03. The van der Waals surface area contributed by atoms with E-state index in [-0.39, 0.29) is 23.4 Å². The molecule has 1 aromatic heterocycles. The molecule has 0 radical (unpaired) electrons. The lowest BCUT2D eigenvalue weighted by Crippen LogP contribution is -2.50. The molecule has 0 atom stereocenters. The van der Waals surface area contributed by atoms with E-state index >= 15 is 0 Å². The summed E-state index contributed by atoms with van der Waals surface area (Å²) in [5.74, 6) is -0.974. The molecule has 0 bridgehead atoms. The van der Waals surface area contributed by atoms with Crippen molar-refractivity contribution < 1.29 is 14.7 Å². The van der Waals surface area contributed by atoms with E-state index in [9.17, 15) is 9.59 Å². The fourth-order valence-electron chi connectivity index (χ4n) is 1.83. The molecule has 5 nitrogen and oxygen atoms in total. The van der Waals surface area contributed by atoms with Gasteiger partial charge in [-0.2, -0.15) is 0 Å². The second kappa shape index (κ2) is 4.71. The number of amides is 1. The SMILES string of the molecule is O=C(O)CC1CN(C(=O)c2cccnc2Cl)C1. The van der Waals surface area contributed by atoms with E-state index in [1.54, 1.807) is 17.0 Å². The summed E-state index contributed by atoms with van der Waals surface area (Å²) in [6.07, 6.45) is 1.62. The Morgan fingerprint density at radius 2 is 2.24 bits per heavy atom. The summed E-state index contributed by atoms with van der Waals surface area (Å²) >= 11 is 5.81. The molecule has 1 fully saturated rings. The van der Waals surface area contributed by atoms with Gasteiger partial charge in [0.1, 0.15) is 5.15 Å². The Bertz CT molecular complexity index is 458. The molecule has 6 heteroatoms. The molecule has 17 heavy (non-hydrogen) atoms. The van der Waals surface area contributed by atoms with E-state index in [1.165, 1.54) is 6.20 Å². The van der Waals surface area contributed by atoms with Gasteiger partial charge in [-0.15, -0.1) is 0 Å². The number of carboxylic acids is 1. The van der Waals surface area contributed by atoms with Crippen LogP contribution in [0.2, 0.25) is 5.15 Å². The van der Waals surface area contributed by atoms with Crippen molar-refractivity contribution in [2.75, 3.05) is 13.1 Å². The van der Waals surface area contributed by atoms with Crippen LogP contribution in [-0.2, 0) is 4.79 Å². The Balaban J connectivity index is 1.96. The summed E-state index contributed by atoms with van der Waals surface area (Å²) in [6, 6.07) is 3.26. The van der Waals surface area contributed by atoms with E-state index in [0.29, 0.717) is 18.7 Å². The Morgan fingerprint density at radius 1 is 1.53 bits per heavy atom. The number of likely N-dealkylation sites (tertiary alicyclic amines) is 1. The first kappa shape index (κ1) is 11.9. The first-order valence-electron chi connectivity index (χ1n) is 5.19. The predicted molar refractivity (Wildman–Crippen MR) is 60.9 cm³/mol. The van der Waals surface area contributed by atoms with Crippen LogP contribution < -0.4 is 0 Å². The van der Waals surface area contributed by atoms with Crippen LogP contribution in [0.5, 0.6) is 0 Å². The van der Waals surface area contributed by atoms with Gasteiger partial charge in [-0.25, -0.2) is 4.98 Å². The van der Waals surface area contributed by atoms with Gasteiger partial charge in [0.2, 0.25) is 0 Å². The number of hydrogen-bond acceptors (Lipinski definition) is 3. The molecule has 1 aromatic rings. The zero-order chi connectivity index (χ0) is 12.4. The molecular formula is C11H11ClN2O3. The van der Waals surface area contributed by atoms with Gasteiger partial charge in [-0.1, -0.05) is 11.6 Å². The number of carbonyl (C=O) groups is 2. The molecule has 1 amide bonds. The molecule has 1 N–H and O–H groups in total.